The van der Waals surface area contributed by atoms with E-state index in [1.54, 1.807) is 24.3 Å². The van der Waals surface area contributed by atoms with Gasteiger partial charge >= 0.3 is 0 Å². The highest BCUT2D eigenvalue weighted by atomic mass is 16.2. The lowest BCUT2D eigenvalue weighted by Gasteiger charge is -2.19. The number of anilines is 2. The van der Waals surface area contributed by atoms with Crippen LogP contribution in [0.15, 0.2) is 54.1 Å². The molecule has 1 heterocycles. The molecular formula is C25H24N2O3. The van der Waals surface area contributed by atoms with E-state index in [1.165, 1.54) is 10.5 Å². The minimum Gasteiger partial charge on any atom is -0.322 e. The maximum atomic E-state index is 13.2. The van der Waals surface area contributed by atoms with Crippen LogP contribution in [0.25, 0.3) is 0 Å². The van der Waals surface area contributed by atoms with Crippen LogP contribution in [0, 0.1) is 37.5 Å². The van der Waals surface area contributed by atoms with Gasteiger partial charge in [-0.05, 0) is 80.5 Å². The Balaban J connectivity index is 1.41. The van der Waals surface area contributed by atoms with E-state index < -0.39 is 0 Å². The fourth-order valence-electron chi connectivity index (χ4n) is 5.57. The SMILES string of the molecule is CC1=C[C@H]2C[C@H]1[C@@H]1C(=O)N(c3cccc(C(=O)Nc4cc(C)cc(C)c4)c3)C(=O)[C@@H]12. The predicted molar refractivity (Wildman–Crippen MR) is 115 cm³/mol. The van der Waals surface area contributed by atoms with Crippen molar-refractivity contribution in [2.45, 2.75) is 27.2 Å². The van der Waals surface area contributed by atoms with Gasteiger partial charge in [0, 0.05) is 11.3 Å². The summed E-state index contributed by atoms with van der Waals surface area (Å²) in [7, 11) is 0. The quantitative estimate of drug-likeness (QED) is 0.618. The number of fused-ring (bicyclic) bond motifs is 5. The molecule has 3 aliphatic rings. The molecule has 1 aliphatic heterocycles. The van der Waals surface area contributed by atoms with Gasteiger partial charge < -0.3 is 5.32 Å². The molecule has 0 aromatic heterocycles. The van der Waals surface area contributed by atoms with Crippen LogP contribution in [0.4, 0.5) is 11.4 Å². The van der Waals surface area contributed by atoms with Crippen LogP contribution in [-0.2, 0) is 9.59 Å². The van der Waals surface area contributed by atoms with Crippen molar-refractivity contribution in [1.29, 1.82) is 0 Å². The summed E-state index contributed by atoms with van der Waals surface area (Å²) in [5.41, 5.74) is 4.98. The fraction of sp³-hybridized carbons (Fsp3) is 0.320. The number of hydrogen-bond donors (Lipinski definition) is 1. The third-order valence-corrected chi connectivity index (χ3v) is 6.73. The van der Waals surface area contributed by atoms with Crippen LogP contribution in [-0.4, -0.2) is 17.7 Å². The first-order valence-corrected chi connectivity index (χ1v) is 10.4. The van der Waals surface area contributed by atoms with Crippen molar-refractivity contribution in [3.8, 4) is 0 Å². The number of nitrogens with one attached hydrogen (secondary N) is 1. The molecule has 5 rings (SSSR count). The lowest BCUT2D eigenvalue weighted by Crippen LogP contribution is -2.33. The van der Waals surface area contributed by atoms with Crippen molar-refractivity contribution in [3.63, 3.8) is 0 Å². The van der Waals surface area contributed by atoms with E-state index in [0.29, 0.717) is 11.3 Å². The summed E-state index contributed by atoms with van der Waals surface area (Å²) >= 11 is 0. The highest BCUT2D eigenvalue weighted by Crippen LogP contribution is 2.55. The molecule has 5 nitrogen and oxygen atoms in total. The zero-order chi connectivity index (χ0) is 21.2. The molecular weight excluding hydrogens is 376 g/mol. The smallest absolute Gasteiger partial charge is 0.255 e. The van der Waals surface area contributed by atoms with Crippen molar-refractivity contribution >= 4 is 29.1 Å². The molecule has 0 radical (unpaired) electrons. The zero-order valence-electron chi connectivity index (χ0n) is 17.3. The van der Waals surface area contributed by atoms with Crippen molar-refractivity contribution in [2.75, 3.05) is 10.2 Å². The number of hydrogen-bond acceptors (Lipinski definition) is 3. The van der Waals surface area contributed by atoms with Crippen LogP contribution in [0.2, 0.25) is 0 Å². The molecule has 0 unspecified atom stereocenters. The van der Waals surface area contributed by atoms with E-state index in [0.717, 1.165) is 23.2 Å². The number of amides is 3. The third-order valence-electron chi connectivity index (χ3n) is 6.73. The average molecular weight is 400 g/mol. The first kappa shape index (κ1) is 18.8. The molecule has 2 fully saturated rings. The van der Waals surface area contributed by atoms with Gasteiger partial charge in [0.25, 0.3) is 5.91 Å². The lowest BCUT2D eigenvalue weighted by atomic mass is 9.82. The van der Waals surface area contributed by atoms with E-state index in [9.17, 15) is 14.4 Å². The Morgan fingerprint density at radius 2 is 1.67 bits per heavy atom. The molecule has 0 spiro atoms. The number of benzene rings is 2. The Bertz CT molecular complexity index is 1110. The van der Waals surface area contributed by atoms with Gasteiger partial charge in [0.05, 0.1) is 17.5 Å². The largest absolute Gasteiger partial charge is 0.322 e. The Morgan fingerprint density at radius 3 is 2.40 bits per heavy atom. The molecule has 30 heavy (non-hydrogen) atoms. The number of aryl methyl sites for hydroxylation is 2. The Hall–Kier alpha value is -3.21. The van der Waals surface area contributed by atoms with Crippen molar-refractivity contribution in [3.05, 3.63) is 70.8 Å². The molecule has 3 amide bonds. The van der Waals surface area contributed by atoms with E-state index in [-0.39, 0.29) is 41.4 Å². The van der Waals surface area contributed by atoms with Gasteiger partial charge in [-0.1, -0.05) is 23.8 Å². The molecule has 1 saturated heterocycles. The molecule has 2 bridgehead atoms. The highest BCUT2D eigenvalue weighted by molar-refractivity contribution is 6.23. The number of imide groups is 1. The molecule has 4 atom stereocenters. The van der Waals surface area contributed by atoms with Gasteiger partial charge in [0.15, 0.2) is 0 Å². The number of allylic oxidation sites excluding steroid dienone is 2. The van der Waals surface area contributed by atoms with E-state index in [2.05, 4.69) is 18.3 Å². The first-order chi connectivity index (χ1) is 14.3. The Morgan fingerprint density at radius 1 is 0.967 bits per heavy atom. The second-order valence-electron chi connectivity index (χ2n) is 8.86. The van der Waals surface area contributed by atoms with Crippen molar-refractivity contribution in [1.82, 2.24) is 0 Å². The maximum absolute atomic E-state index is 13.2. The van der Waals surface area contributed by atoms with Gasteiger partial charge in [0.1, 0.15) is 0 Å². The first-order valence-electron chi connectivity index (χ1n) is 10.4. The van der Waals surface area contributed by atoms with Crippen LogP contribution in [0.5, 0.6) is 0 Å². The summed E-state index contributed by atoms with van der Waals surface area (Å²) in [5.74, 6) is -0.683. The van der Waals surface area contributed by atoms with E-state index in [1.807, 2.05) is 32.0 Å². The van der Waals surface area contributed by atoms with Crippen molar-refractivity contribution in [2.24, 2.45) is 23.7 Å². The standard InChI is InChI=1S/C25H24N2O3/c1-13-7-14(2)9-18(8-13)26-23(28)16-5-4-6-19(11-16)27-24(29)21-17-10-15(3)20(12-17)22(21)25(27)30/h4-11,17,20-22H,12H2,1-3H3,(H,26,28)/t17-,20+,21+,22-/m0/s1. The van der Waals surface area contributed by atoms with Crippen LogP contribution in [0.3, 0.4) is 0 Å². The minimum absolute atomic E-state index is 0.128. The minimum atomic E-state index is -0.265. The zero-order valence-corrected chi connectivity index (χ0v) is 17.3. The van der Waals surface area contributed by atoms with Gasteiger partial charge in [0.2, 0.25) is 11.8 Å². The highest BCUT2D eigenvalue weighted by Gasteiger charge is 2.60. The summed E-state index contributed by atoms with van der Waals surface area (Å²) in [6, 6.07) is 12.6. The average Bonchev–Trinajstić information content (AvgIpc) is 3.31. The molecule has 2 aromatic rings. The number of carbonyl (C=O) groups excluding carboxylic acids is 3. The third kappa shape index (κ3) is 2.80. The Kier molecular flexibility index (Phi) is 4.17. The summed E-state index contributed by atoms with van der Waals surface area (Å²) < 4.78 is 0. The molecule has 1 saturated carbocycles. The van der Waals surface area contributed by atoms with Gasteiger partial charge in [-0.15, -0.1) is 0 Å². The molecule has 152 valence electrons. The fourth-order valence-corrected chi connectivity index (χ4v) is 5.57. The maximum Gasteiger partial charge on any atom is 0.255 e. The molecule has 1 N–H and O–H groups in total. The van der Waals surface area contributed by atoms with Gasteiger partial charge in [-0.3, -0.25) is 14.4 Å². The molecule has 5 heteroatoms. The summed E-state index contributed by atoms with van der Waals surface area (Å²) in [5, 5.41) is 2.91. The second kappa shape index (κ2) is 6.66. The summed E-state index contributed by atoms with van der Waals surface area (Å²) in [6.45, 7) is 6.02. The number of nitrogens with zero attached hydrogens (tertiary/aromatic N) is 1. The summed E-state index contributed by atoms with van der Waals surface area (Å²) in [4.78, 5) is 40.4. The lowest BCUT2D eigenvalue weighted by molar-refractivity contribution is -0.123. The molecule has 2 aromatic carbocycles. The van der Waals surface area contributed by atoms with Crippen LogP contribution < -0.4 is 10.2 Å². The van der Waals surface area contributed by atoms with E-state index in [4.69, 9.17) is 0 Å². The number of rotatable bonds is 3. The van der Waals surface area contributed by atoms with Crippen LogP contribution >= 0.6 is 0 Å². The number of carbonyl (C=O) groups is 3. The second-order valence-corrected chi connectivity index (χ2v) is 8.86. The molecule has 2 aliphatic carbocycles. The monoisotopic (exact) mass is 400 g/mol. The van der Waals surface area contributed by atoms with Gasteiger partial charge in [-0.25, -0.2) is 4.90 Å². The predicted octanol–water partition coefficient (Wildman–Crippen LogP) is 4.26. The van der Waals surface area contributed by atoms with Crippen molar-refractivity contribution < 1.29 is 14.4 Å². The van der Waals surface area contributed by atoms with E-state index >= 15 is 0 Å². The normalized spacial score (nSPS) is 26.8. The Labute approximate surface area is 175 Å². The van der Waals surface area contributed by atoms with Crippen LogP contribution in [0.1, 0.15) is 34.8 Å². The summed E-state index contributed by atoms with van der Waals surface area (Å²) in [6.07, 6.45) is 3.07. The van der Waals surface area contributed by atoms with Gasteiger partial charge in [-0.2, -0.15) is 0 Å². The topological polar surface area (TPSA) is 66.5 Å².